The van der Waals surface area contributed by atoms with Crippen molar-refractivity contribution in [2.45, 2.75) is 19.8 Å². The van der Waals surface area contributed by atoms with E-state index >= 15 is 0 Å². The van der Waals surface area contributed by atoms with Crippen molar-refractivity contribution in [3.63, 3.8) is 0 Å². The molecule has 0 spiro atoms. The van der Waals surface area contributed by atoms with Crippen LogP contribution in [0.1, 0.15) is 50.8 Å². The number of hydrogen-bond acceptors (Lipinski definition) is 3. The van der Waals surface area contributed by atoms with Crippen molar-refractivity contribution in [2.75, 3.05) is 0 Å². The second kappa shape index (κ2) is 5.34. The zero-order valence-corrected chi connectivity index (χ0v) is 12.3. The van der Waals surface area contributed by atoms with Gasteiger partial charge < -0.3 is 0 Å². The Kier molecular flexibility index (Phi) is 3.49. The van der Waals surface area contributed by atoms with E-state index in [4.69, 9.17) is 0 Å². The fraction of sp³-hybridized carbons (Fsp3) is 0.211. The average molecular weight is 292 g/mol. The molecule has 22 heavy (non-hydrogen) atoms. The predicted molar refractivity (Wildman–Crippen MR) is 83.2 cm³/mol. The highest BCUT2D eigenvalue weighted by Gasteiger charge is 2.43. The van der Waals surface area contributed by atoms with E-state index in [0.29, 0.717) is 16.7 Å². The van der Waals surface area contributed by atoms with E-state index in [0.717, 1.165) is 0 Å². The van der Waals surface area contributed by atoms with E-state index < -0.39 is 5.41 Å². The largest absolute Gasteiger partial charge is 0.294 e. The van der Waals surface area contributed by atoms with Gasteiger partial charge in [0.25, 0.3) is 0 Å². The lowest BCUT2D eigenvalue weighted by Crippen LogP contribution is -2.38. The zero-order chi connectivity index (χ0) is 15.7. The second-order valence-corrected chi connectivity index (χ2v) is 6.00. The van der Waals surface area contributed by atoms with Crippen LogP contribution in [0.2, 0.25) is 0 Å². The third-order valence-electron chi connectivity index (χ3n) is 4.22. The number of hydrogen-bond donors (Lipinski definition) is 0. The van der Waals surface area contributed by atoms with E-state index in [1.54, 1.807) is 55.5 Å². The summed E-state index contributed by atoms with van der Waals surface area (Å²) < 4.78 is 0. The van der Waals surface area contributed by atoms with Crippen molar-refractivity contribution < 1.29 is 14.4 Å². The molecule has 110 valence electrons. The van der Waals surface area contributed by atoms with Gasteiger partial charge in [-0.2, -0.15) is 0 Å². The molecule has 0 N–H and O–H groups in total. The van der Waals surface area contributed by atoms with Gasteiger partial charge in [0.05, 0.1) is 0 Å². The van der Waals surface area contributed by atoms with Crippen molar-refractivity contribution in [1.29, 1.82) is 0 Å². The average Bonchev–Trinajstić information content (AvgIpc) is 2.53. The van der Waals surface area contributed by atoms with Crippen LogP contribution in [0.5, 0.6) is 0 Å². The molecule has 0 aliphatic heterocycles. The Labute approximate surface area is 129 Å². The minimum atomic E-state index is -0.960. The summed E-state index contributed by atoms with van der Waals surface area (Å²) in [6, 6.07) is 15.7. The van der Waals surface area contributed by atoms with Gasteiger partial charge in [-0.3, -0.25) is 14.4 Å². The number of carbonyl (C=O) groups excluding carboxylic acids is 3. The molecule has 1 atom stereocenters. The van der Waals surface area contributed by atoms with Crippen molar-refractivity contribution >= 4 is 17.3 Å². The zero-order valence-electron chi connectivity index (χ0n) is 12.3. The molecule has 0 fully saturated rings. The van der Waals surface area contributed by atoms with Crippen molar-refractivity contribution in [3.05, 3.63) is 71.3 Å². The van der Waals surface area contributed by atoms with E-state index in [1.807, 2.05) is 6.07 Å². The number of ketones is 3. The van der Waals surface area contributed by atoms with Crippen LogP contribution >= 0.6 is 0 Å². The lowest BCUT2D eigenvalue weighted by Gasteiger charge is -2.31. The van der Waals surface area contributed by atoms with Gasteiger partial charge in [0.1, 0.15) is 0 Å². The lowest BCUT2D eigenvalue weighted by atomic mass is 9.68. The monoisotopic (exact) mass is 292 g/mol. The molecular formula is C19H16O3. The number of carbonyl (C=O) groups is 3. The summed E-state index contributed by atoms with van der Waals surface area (Å²) in [5, 5.41) is 0. The summed E-state index contributed by atoms with van der Waals surface area (Å²) in [7, 11) is 0. The smallest absolute Gasteiger partial charge is 0.170 e. The van der Waals surface area contributed by atoms with Crippen molar-refractivity contribution in [2.24, 2.45) is 5.41 Å². The van der Waals surface area contributed by atoms with Crippen LogP contribution in [-0.4, -0.2) is 17.3 Å². The Morgan fingerprint density at radius 2 is 1.55 bits per heavy atom. The summed E-state index contributed by atoms with van der Waals surface area (Å²) in [6.07, 6.45) is 0.136. The van der Waals surface area contributed by atoms with Gasteiger partial charge in [-0.15, -0.1) is 0 Å². The topological polar surface area (TPSA) is 51.2 Å². The Morgan fingerprint density at radius 1 is 0.955 bits per heavy atom. The SMILES string of the molecule is CC1(CC(=O)c2ccccc2)CC(=O)c2ccccc2C1=O. The normalized spacial score (nSPS) is 20.6. The molecule has 2 aromatic carbocycles. The van der Waals surface area contributed by atoms with E-state index in [9.17, 15) is 14.4 Å². The summed E-state index contributed by atoms with van der Waals surface area (Å²) in [4.78, 5) is 37.5. The van der Waals surface area contributed by atoms with Gasteiger partial charge in [0, 0.05) is 34.9 Å². The first-order valence-electron chi connectivity index (χ1n) is 7.26. The molecule has 0 amide bonds. The third-order valence-corrected chi connectivity index (χ3v) is 4.22. The first-order valence-corrected chi connectivity index (χ1v) is 7.26. The van der Waals surface area contributed by atoms with Crippen LogP contribution in [0.4, 0.5) is 0 Å². The van der Waals surface area contributed by atoms with E-state index in [-0.39, 0.29) is 30.2 Å². The molecule has 3 rings (SSSR count). The minimum Gasteiger partial charge on any atom is -0.294 e. The fourth-order valence-electron chi connectivity index (χ4n) is 3.00. The van der Waals surface area contributed by atoms with Gasteiger partial charge in [0.15, 0.2) is 17.3 Å². The van der Waals surface area contributed by atoms with Gasteiger partial charge in [-0.05, 0) is 0 Å². The molecule has 3 nitrogen and oxygen atoms in total. The maximum Gasteiger partial charge on any atom is 0.170 e. The number of benzene rings is 2. The third kappa shape index (κ3) is 2.39. The van der Waals surface area contributed by atoms with Crippen LogP contribution in [0, 0.1) is 5.41 Å². The molecule has 3 heteroatoms. The van der Waals surface area contributed by atoms with Crippen molar-refractivity contribution in [3.8, 4) is 0 Å². The number of Topliss-reactive ketones (excluding diaryl/α,β-unsaturated/α-hetero) is 3. The summed E-state index contributed by atoms with van der Waals surface area (Å²) in [5.41, 5.74) is 0.514. The second-order valence-electron chi connectivity index (χ2n) is 6.00. The molecular weight excluding hydrogens is 276 g/mol. The van der Waals surface area contributed by atoms with Gasteiger partial charge >= 0.3 is 0 Å². The van der Waals surface area contributed by atoms with Crippen LogP contribution in [0.25, 0.3) is 0 Å². The van der Waals surface area contributed by atoms with E-state index in [2.05, 4.69) is 0 Å². The molecule has 1 unspecified atom stereocenters. The Morgan fingerprint density at radius 3 is 2.23 bits per heavy atom. The van der Waals surface area contributed by atoms with E-state index in [1.165, 1.54) is 0 Å². The Hall–Kier alpha value is -2.55. The molecule has 0 heterocycles. The van der Waals surface area contributed by atoms with Gasteiger partial charge in [-0.25, -0.2) is 0 Å². The van der Waals surface area contributed by atoms with Crippen LogP contribution in [0.3, 0.4) is 0 Å². The van der Waals surface area contributed by atoms with Crippen LogP contribution in [-0.2, 0) is 0 Å². The first kappa shape index (κ1) is 14.4. The van der Waals surface area contributed by atoms with Crippen LogP contribution < -0.4 is 0 Å². The molecule has 1 aliphatic rings. The Bertz CT molecular complexity index is 761. The van der Waals surface area contributed by atoms with Crippen LogP contribution in [0.15, 0.2) is 54.6 Å². The van der Waals surface area contributed by atoms with Gasteiger partial charge in [0.2, 0.25) is 0 Å². The predicted octanol–water partition coefficient (Wildman–Crippen LogP) is 3.74. The number of fused-ring (bicyclic) bond motifs is 1. The molecule has 0 bridgehead atoms. The van der Waals surface area contributed by atoms with Crippen molar-refractivity contribution in [1.82, 2.24) is 0 Å². The molecule has 0 saturated carbocycles. The molecule has 2 aromatic rings. The minimum absolute atomic E-state index is 0.0515. The Balaban J connectivity index is 1.93. The lowest BCUT2D eigenvalue weighted by molar-refractivity contribution is 0.0666. The maximum absolute atomic E-state index is 12.7. The van der Waals surface area contributed by atoms with Gasteiger partial charge in [-0.1, -0.05) is 61.5 Å². The highest BCUT2D eigenvalue weighted by Crippen LogP contribution is 2.38. The molecule has 0 radical (unpaired) electrons. The standard InChI is InChI=1S/C19H16O3/c1-19(11-16(20)13-7-3-2-4-8-13)12-17(21)14-9-5-6-10-15(14)18(19)22/h2-10H,11-12H2,1H3. The molecule has 0 saturated heterocycles. The first-order chi connectivity index (χ1) is 10.5. The molecule has 1 aliphatic carbocycles. The highest BCUT2D eigenvalue weighted by molar-refractivity contribution is 6.17. The fourth-order valence-corrected chi connectivity index (χ4v) is 3.00. The summed E-state index contributed by atoms with van der Waals surface area (Å²) >= 11 is 0. The quantitative estimate of drug-likeness (QED) is 0.810. The summed E-state index contributed by atoms with van der Waals surface area (Å²) in [6.45, 7) is 1.71. The summed E-state index contributed by atoms with van der Waals surface area (Å²) in [5.74, 6) is -0.297. The number of rotatable bonds is 3. The molecule has 0 aromatic heterocycles. The maximum atomic E-state index is 12.7. The highest BCUT2D eigenvalue weighted by atomic mass is 16.1.